The van der Waals surface area contributed by atoms with Crippen LogP contribution in [0, 0.1) is 0 Å². The summed E-state index contributed by atoms with van der Waals surface area (Å²) < 4.78 is 7.55. The number of pyridine rings is 1. The zero-order chi connectivity index (χ0) is 14.9. The third kappa shape index (κ3) is 3.66. The molecule has 0 saturated carbocycles. The van der Waals surface area contributed by atoms with E-state index >= 15 is 0 Å². The molecule has 0 aromatic carbocycles. The van der Waals surface area contributed by atoms with Crippen molar-refractivity contribution in [2.45, 2.75) is 32.4 Å². The van der Waals surface area contributed by atoms with Gasteiger partial charge in [-0.2, -0.15) is 0 Å². The number of nitrogen functional groups attached to an aromatic ring is 1. The fraction of sp³-hybridized carbons (Fsp3) is 0.462. The van der Waals surface area contributed by atoms with Crippen LogP contribution in [0.2, 0.25) is 35.9 Å². The molecule has 2 heterocycles. The molecule has 4 nitrogen and oxygen atoms in total. The summed E-state index contributed by atoms with van der Waals surface area (Å²) in [6.45, 7) is 8.10. The summed E-state index contributed by atoms with van der Waals surface area (Å²) in [6, 6.07) is 2.72. The van der Waals surface area contributed by atoms with Crippen LogP contribution in [-0.2, 0) is 11.5 Å². The Morgan fingerprint density at radius 2 is 2.05 bits per heavy atom. The predicted molar refractivity (Wildman–Crippen MR) is 88.3 cm³/mol. The number of anilines is 1. The van der Waals surface area contributed by atoms with Crippen molar-refractivity contribution in [3.05, 3.63) is 22.4 Å². The molecule has 2 aromatic rings. The minimum atomic E-state index is -1.08. The van der Waals surface area contributed by atoms with E-state index in [0.29, 0.717) is 28.2 Å². The Morgan fingerprint density at radius 3 is 2.70 bits per heavy atom. The molecule has 0 aliphatic heterocycles. The molecule has 2 aromatic heterocycles. The van der Waals surface area contributed by atoms with Gasteiger partial charge in [0.1, 0.15) is 17.5 Å². The third-order valence-corrected chi connectivity index (χ3v) is 5.19. The highest BCUT2D eigenvalue weighted by molar-refractivity contribution is 6.76. The molecule has 0 unspecified atom stereocenters. The van der Waals surface area contributed by atoms with E-state index in [9.17, 15) is 0 Å². The number of hydrogen-bond donors (Lipinski definition) is 1. The molecule has 0 spiro atoms. The Bertz CT molecular complexity index is 622. The van der Waals surface area contributed by atoms with Crippen LogP contribution in [-0.4, -0.2) is 24.2 Å². The number of fused-ring (bicyclic) bond motifs is 1. The second-order valence-corrected chi connectivity index (χ2v) is 12.4. The Kier molecular flexibility index (Phi) is 4.64. The zero-order valence-corrected chi connectivity index (χ0v) is 14.4. The van der Waals surface area contributed by atoms with Crippen LogP contribution < -0.4 is 5.73 Å². The van der Waals surface area contributed by atoms with E-state index in [-0.39, 0.29) is 0 Å². The summed E-state index contributed by atoms with van der Waals surface area (Å²) in [5.74, 6) is 0. The first-order chi connectivity index (χ1) is 9.28. The maximum atomic E-state index is 6.19. The van der Waals surface area contributed by atoms with Crippen molar-refractivity contribution in [2.24, 2.45) is 0 Å². The van der Waals surface area contributed by atoms with Crippen molar-refractivity contribution >= 4 is 48.0 Å². The van der Waals surface area contributed by atoms with Gasteiger partial charge in [-0.1, -0.05) is 42.8 Å². The molecule has 0 saturated heterocycles. The predicted octanol–water partition coefficient (Wildman–Crippen LogP) is 4.24. The van der Waals surface area contributed by atoms with Gasteiger partial charge in [-0.25, -0.2) is 4.98 Å². The summed E-state index contributed by atoms with van der Waals surface area (Å²) in [7, 11) is -1.08. The molecule has 7 heteroatoms. The van der Waals surface area contributed by atoms with E-state index in [1.807, 2.05) is 4.57 Å². The molecule has 0 fully saturated rings. The van der Waals surface area contributed by atoms with E-state index in [4.69, 9.17) is 33.7 Å². The van der Waals surface area contributed by atoms with Crippen LogP contribution in [0.15, 0.2) is 12.3 Å². The smallest absolute Gasteiger partial charge is 0.147 e. The molecule has 0 aliphatic rings. The van der Waals surface area contributed by atoms with E-state index in [2.05, 4.69) is 24.6 Å². The topological polar surface area (TPSA) is 53.1 Å². The summed E-state index contributed by atoms with van der Waals surface area (Å²) in [4.78, 5) is 4.28. The van der Waals surface area contributed by atoms with Crippen molar-refractivity contribution in [3.63, 3.8) is 0 Å². The highest BCUT2D eigenvalue weighted by Gasteiger charge is 2.14. The van der Waals surface area contributed by atoms with Gasteiger partial charge in [-0.3, -0.25) is 0 Å². The first kappa shape index (κ1) is 15.6. The quantitative estimate of drug-likeness (QED) is 0.506. The first-order valence-electron chi connectivity index (χ1n) is 6.46. The Balaban J connectivity index is 2.15. The monoisotopic (exact) mass is 331 g/mol. The third-order valence-electron chi connectivity index (χ3n) is 3.01. The van der Waals surface area contributed by atoms with E-state index < -0.39 is 8.07 Å². The average Bonchev–Trinajstić information content (AvgIpc) is 2.60. The molecule has 110 valence electrons. The van der Waals surface area contributed by atoms with E-state index in [1.165, 1.54) is 0 Å². The maximum absolute atomic E-state index is 6.19. The summed E-state index contributed by atoms with van der Waals surface area (Å²) in [5.41, 5.74) is 7.12. The van der Waals surface area contributed by atoms with Gasteiger partial charge in [0, 0.05) is 26.6 Å². The van der Waals surface area contributed by atoms with Gasteiger partial charge in [-0.05, 0) is 12.1 Å². The minimum absolute atomic E-state index is 0.355. The van der Waals surface area contributed by atoms with Crippen molar-refractivity contribution in [3.8, 4) is 0 Å². The lowest BCUT2D eigenvalue weighted by Crippen LogP contribution is -2.22. The number of rotatable bonds is 5. The molecule has 0 bridgehead atoms. The molecule has 0 radical (unpaired) electrons. The molecular weight excluding hydrogens is 313 g/mol. The van der Waals surface area contributed by atoms with Crippen LogP contribution in [0.5, 0.6) is 0 Å². The normalized spacial score (nSPS) is 12.2. The molecular formula is C13H19Cl2N3OSi. The minimum Gasteiger partial charge on any atom is -0.398 e. The second kappa shape index (κ2) is 5.93. The maximum Gasteiger partial charge on any atom is 0.147 e. The van der Waals surface area contributed by atoms with Crippen LogP contribution in [0.1, 0.15) is 0 Å². The Morgan fingerprint density at radius 1 is 1.35 bits per heavy atom. The number of aromatic nitrogens is 2. The van der Waals surface area contributed by atoms with Crippen LogP contribution in [0.25, 0.3) is 11.0 Å². The van der Waals surface area contributed by atoms with Gasteiger partial charge in [0.25, 0.3) is 0 Å². The zero-order valence-electron chi connectivity index (χ0n) is 11.9. The molecule has 0 aliphatic carbocycles. The van der Waals surface area contributed by atoms with Crippen molar-refractivity contribution < 1.29 is 4.74 Å². The fourth-order valence-corrected chi connectivity index (χ4v) is 3.14. The number of nitrogens with two attached hydrogens (primary N) is 1. The molecule has 0 amide bonds. The molecule has 0 atom stereocenters. The van der Waals surface area contributed by atoms with Gasteiger partial charge in [-0.15, -0.1) is 0 Å². The van der Waals surface area contributed by atoms with E-state index in [1.54, 1.807) is 12.3 Å². The van der Waals surface area contributed by atoms with Gasteiger partial charge in [0.15, 0.2) is 0 Å². The molecule has 2 N–H and O–H groups in total. The standard InChI is InChI=1S/C13H19Cl2N3OSi/c1-20(2,3)5-4-19-8-18-7-9(14)12-10(16)6-11(15)17-13(12)18/h6-7H,4-5,8H2,1-3H3,(H2,16,17). The van der Waals surface area contributed by atoms with Gasteiger partial charge < -0.3 is 15.0 Å². The van der Waals surface area contributed by atoms with Crippen molar-refractivity contribution in [1.29, 1.82) is 0 Å². The molecule has 20 heavy (non-hydrogen) atoms. The van der Waals surface area contributed by atoms with Crippen LogP contribution in [0.4, 0.5) is 5.69 Å². The van der Waals surface area contributed by atoms with E-state index in [0.717, 1.165) is 18.0 Å². The number of nitrogens with zero attached hydrogens (tertiary/aromatic N) is 2. The van der Waals surface area contributed by atoms with Crippen LogP contribution >= 0.6 is 23.2 Å². The molecule has 2 rings (SSSR count). The average molecular weight is 332 g/mol. The largest absolute Gasteiger partial charge is 0.398 e. The number of halogens is 2. The number of ether oxygens (including phenoxy) is 1. The first-order valence-corrected chi connectivity index (χ1v) is 10.9. The van der Waals surface area contributed by atoms with Crippen molar-refractivity contribution in [1.82, 2.24) is 9.55 Å². The van der Waals surface area contributed by atoms with Gasteiger partial charge in [0.05, 0.1) is 10.4 Å². The SMILES string of the molecule is C[Si](C)(C)CCOCn1cc(Cl)c2c(N)cc(Cl)nc21. The second-order valence-electron chi connectivity index (χ2n) is 6.03. The summed E-state index contributed by atoms with van der Waals surface area (Å²) in [6.07, 6.45) is 1.78. The fourth-order valence-electron chi connectivity index (χ4n) is 1.87. The Labute approximate surface area is 129 Å². The van der Waals surface area contributed by atoms with Gasteiger partial charge in [0.2, 0.25) is 0 Å². The summed E-state index contributed by atoms with van der Waals surface area (Å²) >= 11 is 12.1. The lowest BCUT2D eigenvalue weighted by molar-refractivity contribution is 0.0899. The van der Waals surface area contributed by atoms with Crippen LogP contribution in [0.3, 0.4) is 0 Å². The highest BCUT2D eigenvalue weighted by atomic mass is 35.5. The summed E-state index contributed by atoms with van der Waals surface area (Å²) in [5, 5.41) is 1.65. The lowest BCUT2D eigenvalue weighted by Gasteiger charge is -2.15. The number of hydrogen-bond acceptors (Lipinski definition) is 3. The Hall–Kier alpha value is -0.753. The van der Waals surface area contributed by atoms with Crippen molar-refractivity contribution in [2.75, 3.05) is 12.3 Å². The van der Waals surface area contributed by atoms with Gasteiger partial charge >= 0.3 is 0 Å². The highest BCUT2D eigenvalue weighted by Crippen LogP contribution is 2.31. The lowest BCUT2D eigenvalue weighted by atomic mass is 10.3.